The average molecular weight is 299 g/mol. The number of nitrogen functional groups attached to an aromatic ring is 1. The number of hydrogen-bond acceptors (Lipinski definition) is 5. The second-order valence-electron chi connectivity index (χ2n) is 5.21. The second-order valence-corrected chi connectivity index (χ2v) is 5.62. The molecule has 5 nitrogen and oxygen atoms in total. The predicted molar refractivity (Wildman–Crippen MR) is 79.3 cm³/mol. The summed E-state index contributed by atoms with van der Waals surface area (Å²) in [6.07, 6.45) is 1.68. The fourth-order valence-electron chi connectivity index (χ4n) is 2.27. The molecule has 1 heterocycles. The van der Waals surface area contributed by atoms with E-state index in [9.17, 15) is 4.79 Å². The third kappa shape index (κ3) is 3.16. The van der Waals surface area contributed by atoms with Gasteiger partial charge in [0.25, 0.3) is 0 Å². The molecule has 1 aliphatic rings. The highest BCUT2D eigenvalue weighted by Crippen LogP contribution is 2.34. The third-order valence-electron chi connectivity index (χ3n) is 3.54. The Morgan fingerprint density at radius 1 is 1.45 bits per heavy atom. The van der Waals surface area contributed by atoms with Crippen molar-refractivity contribution in [2.45, 2.75) is 25.3 Å². The summed E-state index contributed by atoms with van der Waals surface area (Å²) in [7, 11) is 1.33. The summed E-state index contributed by atoms with van der Waals surface area (Å²) in [5.74, 6) is -0.461. The maximum atomic E-state index is 11.9. The van der Waals surface area contributed by atoms with Crippen molar-refractivity contribution in [3.05, 3.63) is 22.7 Å². The molecule has 0 unspecified atom stereocenters. The molecule has 0 bridgehead atoms. The van der Waals surface area contributed by atoms with Crippen LogP contribution in [-0.2, 0) is 9.47 Å². The number of carbonyl (C=O) groups is 1. The monoisotopic (exact) mass is 298 g/mol. The smallest absolute Gasteiger partial charge is 0.340 e. The van der Waals surface area contributed by atoms with Gasteiger partial charge in [0.1, 0.15) is 0 Å². The number of halogens is 1. The Morgan fingerprint density at radius 3 is 2.70 bits per heavy atom. The summed E-state index contributed by atoms with van der Waals surface area (Å²) >= 11 is 6.24. The van der Waals surface area contributed by atoms with Crippen molar-refractivity contribution >= 4 is 28.9 Å². The molecule has 110 valence electrons. The molecule has 1 aliphatic heterocycles. The van der Waals surface area contributed by atoms with E-state index in [1.807, 2.05) is 0 Å². The van der Waals surface area contributed by atoms with Gasteiger partial charge >= 0.3 is 5.97 Å². The minimum absolute atomic E-state index is 0.166. The zero-order valence-electron chi connectivity index (χ0n) is 11.7. The maximum Gasteiger partial charge on any atom is 0.340 e. The molecule has 0 aliphatic carbocycles. The Hall–Kier alpha value is -1.46. The highest BCUT2D eigenvalue weighted by atomic mass is 35.5. The van der Waals surface area contributed by atoms with E-state index in [4.69, 9.17) is 26.8 Å². The van der Waals surface area contributed by atoms with Crippen LogP contribution in [0.15, 0.2) is 12.1 Å². The second kappa shape index (κ2) is 5.89. The Balaban J connectivity index is 2.36. The lowest BCUT2D eigenvalue weighted by Crippen LogP contribution is -2.41. The molecule has 2 rings (SSSR count). The summed E-state index contributed by atoms with van der Waals surface area (Å²) in [5, 5.41) is 3.78. The van der Waals surface area contributed by atoms with Gasteiger partial charge in [-0.15, -0.1) is 0 Å². The Kier molecular flexibility index (Phi) is 4.40. The number of ether oxygens (including phenoxy) is 2. The first kappa shape index (κ1) is 14.9. The number of nitrogens with two attached hydrogens (primary N) is 1. The summed E-state index contributed by atoms with van der Waals surface area (Å²) in [6.45, 7) is 3.45. The molecule has 20 heavy (non-hydrogen) atoms. The molecular weight excluding hydrogens is 280 g/mol. The van der Waals surface area contributed by atoms with Crippen molar-refractivity contribution in [1.29, 1.82) is 0 Å². The number of rotatable bonds is 3. The maximum absolute atomic E-state index is 11.9. The van der Waals surface area contributed by atoms with Crippen LogP contribution in [0.25, 0.3) is 0 Å². The number of nitrogens with one attached hydrogen (secondary N) is 1. The van der Waals surface area contributed by atoms with Crippen molar-refractivity contribution in [3.63, 3.8) is 0 Å². The van der Waals surface area contributed by atoms with Crippen LogP contribution in [0.2, 0.25) is 5.02 Å². The molecule has 0 amide bonds. The summed E-state index contributed by atoms with van der Waals surface area (Å²) < 4.78 is 10.2. The molecule has 1 saturated heterocycles. The standard InChI is InChI=1S/C14H19ClN2O3/c1-14(3-5-20-6-4-14)17-12-10(13(18)19-2)7-9(16)8-11(12)15/h7-8,17H,3-6,16H2,1-2H3. The fraction of sp³-hybridized carbons (Fsp3) is 0.500. The van der Waals surface area contributed by atoms with Crippen LogP contribution in [0.5, 0.6) is 0 Å². The normalized spacial score (nSPS) is 17.6. The number of hydrogen-bond donors (Lipinski definition) is 2. The third-order valence-corrected chi connectivity index (χ3v) is 3.84. The van der Waals surface area contributed by atoms with Crippen molar-refractivity contribution in [3.8, 4) is 0 Å². The topological polar surface area (TPSA) is 73.6 Å². The van der Waals surface area contributed by atoms with Crippen LogP contribution in [0.4, 0.5) is 11.4 Å². The molecular formula is C14H19ClN2O3. The Bertz CT molecular complexity index is 513. The van der Waals surface area contributed by atoms with Crippen LogP contribution < -0.4 is 11.1 Å². The summed E-state index contributed by atoms with van der Waals surface area (Å²) in [6, 6.07) is 3.20. The van der Waals surface area contributed by atoms with Gasteiger partial charge in [-0.2, -0.15) is 0 Å². The first-order chi connectivity index (χ1) is 9.45. The highest BCUT2D eigenvalue weighted by Gasteiger charge is 2.29. The average Bonchev–Trinajstić information content (AvgIpc) is 2.41. The van der Waals surface area contributed by atoms with Crippen LogP contribution in [0, 0.1) is 0 Å². The quantitative estimate of drug-likeness (QED) is 0.663. The van der Waals surface area contributed by atoms with Gasteiger partial charge in [-0.05, 0) is 31.9 Å². The molecule has 0 saturated carbocycles. The van der Waals surface area contributed by atoms with E-state index in [-0.39, 0.29) is 5.54 Å². The van der Waals surface area contributed by atoms with Crippen molar-refractivity contribution in [1.82, 2.24) is 0 Å². The van der Waals surface area contributed by atoms with Crippen molar-refractivity contribution in [2.24, 2.45) is 0 Å². The molecule has 1 fully saturated rings. The van der Waals surface area contributed by atoms with Gasteiger partial charge in [0, 0.05) is 24.4 Å². The molecule has 6 heteroatoms. The van der Waals surface area contributed by atoms with Crippen LogP contribution in [0.3, 0.4) is 0 Å². The van der Waals surface area contributed by atoms with E-state index in [2.05, 4.69) is 12.2 Å². The van der Waals surface area contributed by atoms with Gasteiger partial charge in [0.15, 0.2) is 0 Å². The van der Waals surface area contributed by atoms with E-state index < -0.39 is 5.97 Å². The number of esters is 1. The minimum atomic E-state index is -0.461. The largest absolute Gasteiger partial charge is 0.465 e. The van der Waals surface area contributed by atoms with Gasteiger partial charge in [0.2, 0.25) is 0 Å². The molecule has 0 aromatic heterocycles. The van der Waals surface area contributed by atoms with Crippen LogP contribution in [0.1, 0.15) is 30.1 Å². The lowest BCUT2D eigenvalue weighted by molar-refractivity contribution is 0.0599. The van der Waals surface area contributed by atoms with Crippen molar-refractivity contribution in [2.75, 3.05) is 31.4 Å². The predicted octanol–water partition coefficient (Wildman–Crippen LogP) is 2.69. The van der Waals surface area contributed by atoms with E-state index >= 15 is 0 Å². The van der Waals surface area contributed by atoms with Gasteiger partial charge < -0.3 is 20.5 Å². The summed E-state index contributed by atoms with van der Waals surface area (Å²) in [4.78, 5) is 11.9. The zero-order valence-corrected chi connectivity index (χ0v) is 12.4. The van der Waals surface area contributed by atoms with Gasteiger partial charge in [-0.1, -0.05) is 11.6 Å². The Morgan fingerprint density at radius 2 is 2.10 bits per heavy atom. The molecule has 0 radical (unpaired) electrons. The lowest BCUT2D eigenvalue weighted by atomic mass is 9.91. The Labute approximate surface area is 123 Å². The van der Waals surface area contributed by atoms with Gasteiger partial charge in [-0.3, -0.25) is 0 Å². The fourth-order valence-corrected chi connectivity index (χ4v) is 2.55. The molecule has 1 aromatic carbocycles. The molecule has 3 N–H and O–H groups in total. The first-order valence-electron chi connectivity index (χ1n) is 6.48. The SMILES string of the molecule is COC(=O)c1cc(N)cc(Cl)c1NC1(C)CCOCC1. The van der Waals surface area contributed by atoms with E-state index in [1.54, 1.807) is 12.1 Å². The highest BCUT2D eigenvalue weighted by molar-refractivity contribution is 6.34. The van der Waals surface area contributed by atoms with E-state index in [1.165, 1.54) is 7.11 Å². The number of anilines is 2. The zero-order chi connectivity index (χ0) is 14.8. The molecule has 0 atom stereocenters. The van der Waals surface area contributed by atoms with Gasteiger partial charge in [0.05, 0.1) is 23.4 Å². The number of benzene rings is 1. The van der Waals surface area contributed by atoms with Crippen LogP contribution in [-0.4, -0.2) is 31.8 Å². The number of carbonyl (C=O) groups excluding carboxylic acids is 1. The summed E-state index contributed by atoms with van der Waals surface area (Å²) in [5.41, 5.74) is 6.93. The van der Waals surface area contributed by atoms with Crippen molar-refractivity contribution < 1.29 is 14.3 Å². The van der Waals surface area contributed by atoms with E-state index in [0.29, 0.717) is 35.2 Å². The molecule has 1 aromatic rings. The minimum Gasteiger partial charge on any atom is -0.465 e. The van der Waals surface area contributed by atoms with Gasteiger partial charge in [-0.25, -0.2) is 4.79 Å². The number of methoxy groups -OCH3 is 1. The van der Waals surface area contributed by atoms with Crippen LogP contribution >= 0.6 is 11.6 Å². The molecule has 0 spiro atoms. The van der Waals surface area contributed by atoms with E-state index in [0.717, 1.165) is 12.8 Å². The lowest BCUT2D eigenvalue weighted by Gasteiger charge is -2.36. The first-order valence-corrected chi connectivity index (χ1v) is 6.86.